The maximum Gasteiger partial charge on any atom is 0.414 e. The number of benzene rings is 2. The molecule has 1 saturated heterocycles. The molecule has 0 unspecified atom stereocenters. The van der Waals surface area contributed by atoms with Crippen molar-refractivity contribution in [1.82, 2.24) is 0 Å². The van der Waals surface area contributed by atoms with Crippen molar-refractivity contribution in [3.63, 3.8) is 0 Å². The lowest BCUT2D eigenvalue weighted by Gasteiger charge is -2.13. The van der Waals surface area contributed by atoms with Crippen molar-refractivity contribution < 1.29 is 14.3 Å². The van der Waals surface area contributed by atoms with Crippen molar-refractivity contribution in [2.24, 2.45) is 0 Å². The Morgan fingerprint density at radius 1 is 1.21 bits per heavy atom. The molecule has 0 radical (unpaired) electrons. The number of anilines is 1. The van der Waals surface area contributed by atoms with Gasteiger partial charge in [0.05, 0.1) is 6.54 Å². The monoisotopic (exact) mass is 339 g/mol. The normalized spacial score (nSPS) is 14.2. The Hall–Kier alpha value is -2.53. The van der Waals surface area contributed by atoms with E-state index in [9.17, 15) is 9.59 Å². The summed E-state index contributed by atoms with van der Waals surface area (Å²) in [7, 11) is 0. The van der Waals surface area contributed by atoms with E-state index in [0.717, 1.165) is 5.56 Å². The minimum absolute atomic E-state index is 0.0987. The molecule has 122 valence electrons. The first kappa shape index (κ1) is 16.3. The molecule has 0 bridgehead atoms. The number of rotatable bonds is 5. The molecule has 0 aromatic heterocycles. The van der Waals surface area contributed by atoms with Crippen LogP contribution >= 0.6 is 11.8 Å². The lowest BCUT2D eigenvalue weighted by molar-refractivity contribution is 0.104. The lowest BCUT2D eigenvalue weighted by Crippen LogP contribution is -2.23. The van der Waals surface area contributed by atoms with Crippen LogP contribution < -0.4 is 4.90 Å². The first-order valence-corrected chi connectivity index (χ1v) is 8.81. The van der Waals surface area contributed by atoms with Gasteiger partial charge in [-0.15, -0.1) is 11.8 Å². The highest BCUT2D eigenvalue weighted by molar-refractivity contribution is 7.98. The van der Waals surface area contributed by atoms with Crippen LogP contribution in [0.5, 0.6) is 0 Å². The first-order valence-electron chi connectivity index (χ1n) is 7.58. The second-order valence-electron chi connectivity index (χ2n) is 5.29. The number of hydrogen-bond acceptors (Lipinski definition) is 4. The summed E-state index contributed by atoms with van der Waals surface area (Å²) in [5.74, 6) is -0.0987. The van der Waals surface area contributed by atoms with Crippen LogP contribution in [0, 0.1) is 0 Å². The van der Waals surface area contributed by atoms with Gasteiger partial charge in [0.15, 0.2) is 5.78 Å². The third-order valence-electron chi connectivity index (χ3n) is 3.75. The number of carbonyl (C=O) groups excluding carboxylic acids is 2. The molecule has 4 nitrogen and oxygen atoms in total. The number of hydrogen-bond donors (Lipinski definition) is 0. The Kier molecular flexibility index (Phi) is 5.01. The summed E-state index contributed by atoms with van der Waals surface area (Å²) in [6.45, 7) is 0.886. The average molecular weight is 339 g/mol. The molecule has 1 fully saturated rings. The fraction of sp³-hybridized carbons (Fsp3) is 0.158. The Morgan fingerprint density at radius 2 is 2.00 bits per heavy atom. The van der Waals surface area contributed by atoms with Gasteiger partial charge < -0.3 is 4.74 Å². The Balaban J connectivity index is 1.74. The number of amides is 1. The molecule has 0 N–H and O–H groups in total. The lowest BCUT2D eigenvalue weighted by atomic mass is 10.1. The molecule has 2 aromatic carbocycles. The number of cyclic esters (lactones) is 1. The quantitative estimate of drug-likeness (QED) is 0.464. The van der Waals surface area contributed by atoms with Crippen molar-refractivity contribution in [1.29, 1.82) is 0 Å². The van der Waals surface area contributed by atoms with Crippen LogP contribution in [0.15, 0.2) is 59.5 Å². The molecule has 5 heteroatoms. The molecule has 24 heavy (non-hydrogen) atoms. The van der Waals surface area contributed by atoms with Crippen LogP contribution in [0.2, 0.25) is 0 Å². The van der Waals surface area contributed by atoms with E-state index in [1.807, 2.05) is 30.5 Å². The second kappa shape index (κ2) is 7.36. The van der Waals surface area contributed by atoms with E-state index in [1.54, 1.807) is 48.2 Å². The molecule has 0 aliphatic carbocycles. The van der Waals surface area contributed by atoms with Crippen molar-refractivity contribution in [3.05, 3.63) is 65.7 Å². The van der Waals surface area contributed by atoms with Gasteiger partial charge in [-0.1, -0.05) is 30.3 Å². The van der Waals surface area contributed by atoms with Gasteiger partial charge in [-0.25, -0.2) is 4.79 Å². The third-order valence-corrected chi connectivity index (χ3v) is 4.49. The van der Waals surface area contributed by atoms with Gasteiger partial charge in [0.25, 0.3) is 0 Å². The summed E-state index contributed by atoms with van der Waals surface area (Å²) in [6, 6.07) is 15.0. The van der Waals surface area contributed by atoms with E-state index in [2.05, 4.69) is 0 Å². The molecular formula is C19H17NO3S. The van der Waals surface area contributed by atoms with Crippen LogP contribution in [0.25, 0.3) is 6.08 Å². The van der Waals surface area contributed by atoms with Gasteiger partial charge >= 0.3 is 6.09 Å². The molecule has 0 spiro atoms. The maximum atomic E-state index is 12.4. The van der Waals surface area contributed by atoms with Crippen LogP contribution in [0.3, 0.4) is 0 Å². The highest BCUT2D eigenvalue weighted by Crippen LogP contribution is 2.21. The summed E-state index contributed by atoms with van der Waals surface area (Å²) in [5.41, 5.74) is 2.20. The third kappa shape index (κ3) is 3.68. The molecule has 1 aliphatic rings. The summed E-state index contributed by atoms with van der Waals surface area (Å²) in [6.07, 6.45) is 5.00. The van der Waals surface area contributed by atoms with E-state index < -0.39 is 0 Å². The number of ketones is 1. The van der Waals surface area contributed by atoms with E-state index in [1.165, 1.54) is 9.80 Å². The van der Waals surface area contributed by atoms with E-state index in [4.69, 9.17) is 4.74 Å². The minimum atomic E-state index is -0.371. The highest BCUT2D eigenvalue weighted by atomic mass is 32.2. The smallest absolute Gasteiger partial charge is 0.414 e. The van der Waals surface area contributed by atoms with Crippen molar-refractivity contribution >= 4 is 35.4 Å². The van der Waals surface area contributed by atoms with E-state index in [-0.39, 0.29) is 11.9 Å². The maximum absolute atomic E-state index is 12.4. The average Bonchev–Trinajstić information content (AvgIpc) is 3.06. The standard InChI is InChI=1S/C19H17NO3S/c1-24-17-8-5-14(6-9-17)7-10-18(21)15-3-2-4-16(13-15)20-11-12-23-19(20)22/h2-10,13H,11-12H2,1H3/b10-7+. The molecule has 3 rings (SSSR count). The Bertz CT molecular complexity index is 783. The Morgan fingerprint density at radius 3 is 2.67 bits per heavy atom. The van der Waals surface area contributed by atoms with Crippen molar-refractivity contribution in [3.8, 4) is 0 Å². The molecule has 1 aliphatic heterocycles. The van der Waals surface area contributed by atoms with Crippen LogP contribution in [0.1, 0.15) is 15.9 Å². The van der Waals surface area contributed by atoms with Crippen LogP contribution in [-0.2, 0) is 4.74 Å². The van der Waals surface area contributed by atoms with Crippen LogP contribution in [-0.4, -0.2) is 31.3 Å². The zero-order valence-corrected chi connectivity index (χ0v) is 14.1. The van der Waals surface area contributed by atoms with E-state index >= 15 is 0 Å². The van der Waals surface area contributed by atoms with Gasteiger partial charge in [-0.05, 0) is 42.2 Å². The predicted octanol–water partition coefficient (Wildman–Crippen LogP) is 4.26. The van der Waals surface area contributed by atoms with E-state index in [0.29, 0.717) is 24.4 Å². The largest absolute Gasteiger partial charge is 0.447 e. The van der Waals surface area contributed by atoms with Crippen LogP contribution in [0.4, 0.5) is 10.5 Å². The summed E-state index contributed by atoms with van der Waals surface area (Å²) >= 11 is 1.68. The van der Waals surface area contributed by atoms with Gasteiger partial charge in [-0.2, -0.15) is 0 Å². The minimum Gasteiger partial charge on any atom is -0.447 e. The zero-order chi connectivity index (χ0) is 16.9. The molecule has 1 amide bonds. The van der Waals surface area contributed by atoms with Gasteiger partial charge in [0.1, 0.15) is 6.61 Å². The number of thioether (sulfide) groups is 1. The summed E-state index contributed by atoms with van der Waals surface area (Å²) in [5, 5.41) is 0. The molecular weight excluding hydrogens is 322 g/mol. The Labute approximate surface area is 145 Å². The van der Waals surface area contributed by atoms with Gasteiger partial charge in [0.2, 0.25) is 0 Å². The fourth-order valence-electron chi connectivity index (χ4n) is 2.44. The van der Waals surface area contributed by atoms with Gasteiger partial charge in [0, 0.05) is 16.1 Å². The summed E-state index contributed by atoms with van der Waals surface area (Å²) in [4.78, 5) is 26.7. The predicted molar refractivity (Wildman–Crippen MR) is 96.7 cm³/mol. The number of allylic oxidation sites excluding steroid dienone is 1. The van der Waals surface area contributed by atoms with Gasteiger partial charge in [-0.3, -0.25) is 9.69 Å². The van der Waals surface area contributed by atoms with Crippen molar-refractivity contribution in [2.45, 2.75) is 4.90 Å². The number of nitrogens with zero attached hydrogens (tertiary/aromatic N) is 1. The summed E-state index contributed by atoms with van der Waals surface area (Å²) < 4.78 is 4.93. The topological polar surface area (TPSA) is 46.6 Å². The molecule has 1 heterocycles. The zero-order valence-electron chi connectivity index (χ0n) is 13.3. The molecule has 2 aromatic rings. The number of carbonyl (C=O) groups is 2. The van der Waals surface area contributed by atoms with Crippen molar-refractivity contribution in [2.75, 3.05) is 24.3 Å². The highest BCUT2D eigenvalue weighted by Gasteiger charge is 2.23. The molecule has 0 saturated carbocycles. The molecule has 0 atom stereocenters. The number of ether oxygens (including phenoxy) is 1. The fourth-order valence-corrected chi connectivity index (χ4v) is 2.85. The SMILES string of the molecule is CSc1ccc(/C=C/C(=O)c2cccc(N3CCOC3=O)c2)cc1. The first-order chi connectivity index (χ1) is 11.7. The second-order valence-corrected chi connectivity index (χ2v) is 6.17.